The molecule has 0 aliphatic heterocycles. The van der Waals surface area contributed by atoms with E-state index in [-0.39, 0.29) is 11.3 Å². The van der Waals surface area contributed by atoms with Crippen LogP contribution in [0, 0.1) is 18.3 Å². The van der Waals surface area contributed by atoms with E-state index < -0.39 is 5.91 Å². The van der Waals surface area contributed by atoms with Gasteiger partial charge < -0.3 is 16.2 Å². The molecule has 0 atom stereocenters. The van der Waals surface area contributed by atoms with Crippen LogP contribution in [-0.4, -0.2) is 5.91 Å². The average Bonchev–Trinajstić information content (AvgIpc) is 2.43. The number of benzene rings is 2. The van der Waals surface area contributed by atoms with Gasteiger partial charge in [-0.1, -0.05) is 12.1 Å². The minimum atomic E-state index is -0.615. The van der Waals surface area contributed by atoms with Gasteiger partial charge in [0.1, 0.15) is 5.75 Å². The molecule has 0 radical (unpaired) electrons. The van der Waals surface area contributed by atoms with Gasteiger partial charge in [0.2, 0.25) is 0 Å². The van der Waals surface area contributed by atoms with Gasteiger partial charge in [-0.2, -0.15) is 5.26 Å². The standard InChI is InChI=1S/C15H13N3O2/c1-9-5-6-10(8-16)7-13(9)20-12-4-2-3-11(14(12)17)15(18)19/h2-7H,17H2,1H3,(H2,18,19). The first-order valence-corrected chi connectivity index (χ1v) is 5.90. The van der Waals surface area contributed by atoms with E-state index in [4.69, 9.17) is 21.5 Å². The van der Waals surface area contributed by atoms with Gasteiger partial charge in [0.25, 0.3) is 5.91 Å². The maximum atomic E-state index is 11.2. The Morgan fingerprint density at radius 2 is 2.00 bits per heavy atom. The molecular weight excluding hydrogens is 254 g/mol. The molecule has 2 aromatic carbocycles. The van der Waals surface area contributed by atoms with Crippen LogP contribution in [0.3, 0.4) is 0 Å². The number of carbonyl (C=O) groups excluding carboxylic acids is 1. The van der Waals surface area contributed by atoms with Crippen molar-refractivity contribution in [3.8, 4) is 17.6 Å². The molecule has 0 spiro atoms. The van der Waals surface area contributed by atoms with Crippen LogP contribution in [0.25, 0.3) is 0 Å². The first-order valence-electron chi connectivity index (χ1n) is 5.90. The van der Waals surface area contributed by atoms with Crippen molar-refractivity contribution >= 4 is 11.6 Å². The van der Waals surface area contributed by atoms with Gasteiger partial charge >= 0.3 is 0 Å². The van der Waals surface area contributed by atoms with Gasteiger partial charge in [-0.15, -0.1) is 0 Å². The number of nitrogen functional groups attached to an aromatic ring is 1. The third-order valence-corrected chi connectivity index (χ3v) is 2.87. The molecule has 5 heteroatoms. The highest BCUT2D eigenvalue weighted by Crippen LogP contribution is 2.32. The second-order valence-corrected chi connectivity index (χ2v) is 4.28. The number of para-hydroxylation sites is 1. The van der Waals surface area contributed by atoms with Crippen molar-refractivity contribution in [3.05, 3.63) is 53.1 Å². The first-order chi connectivity index (χ1) is 9.52. The number of primary amides is 1. The van der Waals surface area contributed by atoms with E-state index in [2.05, 4.69) is 0 Å². The molecule has 0 saturated heterocycles. The monoisotopic (exact) mass is 267 g/mol. The topological polar surface area (TPSA) is 102 Å². The van der Waals surface area contributed by atoms with E-state index >= 15 is 0 Å². The minimum absolute atomic E-state index is 0.182. The van der Waals surface area contributed by atoms with Crippen molar-refractivity contribution in [2.24, 2.45) is 5.73 Å². The normalized spacial score (nSPS) is 9.80. The Kier molecular flexibility index (Phi) is 3.58. The number of nitrogens with zero attached hydrogens (tertiary/aromatic N) is 1. The molecule has 0 bridgehead atoms. The Morgan fingerprint density at radius 1 is 1.25 bits per heavy atom. The molecule has 0 aromatic heterocycles. The van der Waals surface area contributed by atoms with E-state index in [0.717, 1.165) is 5.56 Å². The Morgan fingerprint density at radius 3 is 2.65 bits per heavy atom. The zero-order valence-electron chi connectivity index (χ0n) is 10.9. The Hall–Kier alpha value is -3.00. The summed E-state index contributed by atoms with van der Waals surface area (Å²) in [5, 5.41) is 8.90. The summed E-state index contributed by atoms with van der Waals surface area (Å²) >= 11 is 0. The molecule has 0 saturated carbocycles. The lowest BCUT2D eigenvalue weighted by molar-refractivity contribution is 0.100. The fourth-order valence-electron chi connectivity index (χ4n) is 1.75. The molecule has 20 heavy (non-hydrogen) atoms. The molecule has 0 aliphatic carbocycles. The highest BCUT2D eigenvalue weighted by Gasteiger charge is 2.12. The van der Waals surface area contributed by atoms with Crippen molar-refractivity contribution in [2.75, 3.05) is 5.73 Å². The van der Waals surface area contributed by atoms with Crippen LogP contribution in [0.4, 0.5) is 5.69 Å². The number of carbonyl (C=O) groups is 1. The predicted octanol–water partition coefficient (Wildman–Crippen LogP) is 2.34. The van der Waals surface area contributed by atoms with Crippen molar-refractivity contribution in [2.45, 2.75) is 6.92 Å². The summed E-state index contributed by atoms with van der Waals surface area (Å²) in [6.45, 7) is 1.85. The van der Waals surface area contributed by atoms with Gasteiger partial charge in [0.15, 0.2) is 5.75 Å². The fraction of sp³-hybridized carbons (Fsp3) is 0.0667. The van der Waals surface area contributed by atoms with Gasteiger partial charge in [-0.05, 0) is 36.8 Å². The zero-order valence-corrected chi connectivity index (χ0v) is 10.9. The van der Waals surface area contributed by atoms with Crippen molar-refractivity contribution in [1.29, 1.82) is 5.26 Å². The number of nitrogens with two attached hydrogens (primary N) is 2. The summed E-state index contributed by atoms with van der Waals surface area (Å²) < 4.78 is 5.69. The van der Waals surface area contributed by atoms with Gasteiger partial charge in [0.05, 0.1) is 22.9 Å². The maximum absolute atomic E-state index is 11.2. The summed E-state index contributed by atoms with van der Waals surface area (Å²) in [5.41, 5.74) is 12.8. The molecule has 0 fully saturated rings. The maximum Gasteiger partial charge on any atom is 0.250 e. The van der Waals surface area contributed by atoms with Crippen LogP contribution in [0.5, 0.6) is 11.5 Å². The number of hydrogen-bond acceptors (Lipinski definition) is 4. The van der Waals surface area contributed by atoms with Gasteiger partial charge in [-0.25, -0.2) is 0 Å². The largest absolute Gasteiger partial charge is 0.455 e. The summed E-state index contributed by atoms with van der Waals surface area (Å²) in [4.78, 5) is 11.2. The molecule has 5 nitrogen and oxygen atoms in total. The molecule has 2 rings (SSSR count). The highest BCUT2D eigenvalue weighted by molar-refractivity contribution is 5.99. The van der Waals surface area contributed by atoms with Crippen LogP contribution in [0.2, 0.25) is 0 Å². The quantitative estimate of drug-likeness (QED) is 0.833. The van der Waals surface area contributed by atoms with Crippen LogP contribution >= 0.6 is 0 Å². The number of rotatable bonds is 3. The summed E-state index contributed by atoms with van der Waals surface area (Å²) in [6, 6.07) is 11.9. The van der Waals surface area contributed by atoms with Crippen LogP contribution < -0.4 is 16.2 Å². The molecular formula is C15H13N3O2. The molecule has 0 unspecified atom stereocenters. The Balaban J connectivity index is 2.43. The van der Waals surface area contributed by atoms with E-state index in [1.165, 1.54) is 6.07 Å². The SMILES string of the molecule is Cc1ccc(C#N)cc1Oc1cccc(C(N)=O)c1N. The minimum Gasteiger partial charge on any atom is -0.455 e. The van der Waals surface area contributed by atoms with E-state index in [0.29, 0.717) is 17.1 Å². The Bertz CT molecular complexity index is 718. The van der Waals surface area contributed by atoms with Crippen LogP contribution in [0.1, 0.15) is 21.5 Å². The molecule has 2 aromatic rings. The molecule has 4 N–H and O–H groups in total. The van der Waals surface area contributed by atoms with Gasteiger partial charge in [-0.3, -0.25) is 4.79 Å². The average molecular weight is 267 g/mol. The number of ether oxygens (including phenoxy) is 1. The Labute approximate surface area is 116 Å². The summed E-state index contributed by atoms with van der Waals surface area (Å²) in [5.74, 6) is 0.229. The number of amides is 1. The third-order valence-electron chi connectivity index (χ3n) is 2.87. The fourth-order valence-corrected chi connectivity index (χ4v) is 1.75. The van der Waals surface area contributed by atoms with Crippen molar-refractivity contribution in [3.63, 3.8) is 0 Å². The second-order valence-electron chi connectivity index (χ2n) is 4.28. The molecule has 0 heterocycles. The predicted molar refractivity (Wildman–Crippen MR) is 75.3 cm³/mol. The lowest BCUT2D eigenvalue weighted by Crippen LogP contribution is -2.13. The number of anilines is 1. The second kappa shape index (κ2) is 5.33. The zero-order chi connectivity index (χ0) is 14.7. The lowest BCUT2D eigenvalue weighted by Gasteiger charge is -2.12. The van der Waals surface area contributed by atoms with Gasteiger partial charge in [0, 0.05) is 0 Å². The lowest BCUT2D eigenvalue weighted by atomic mass is 10.1. The third kappa shape index (κ3) is 2.54. The highest BCUT2D eigenvalue weighted by atomic mass is 16.5. The van der Waals surface area contributed by atoms with Crippen LogP contribution in [-0.2, 0) is 0 Å². The molecule has 0 aliphatic rings. The molecule has 1 amide bonds. The van der Waals surface area contributed by atoms with E-state index in [1.54, 1.807) is 30.3 Å². The first kappa shape index (κ1) is 13.4. The molecule has 100 valence electrons. The smallest absolute Gasteiger partial charge is 0.250 e. The van der Waals surface area contributed by atoms with Crippen LogP contribution in [0.15, 0.2) is 36.4 Å². The number of nitriles is 1. The number of hydrogen-bond donors (Lipinski definition) is 2. The summed E-state index contributed by atoms with van der Waals surface area (Å²) in [6.07, 6.45) is 0. The van der Waals surface area contributed by atoms with E-state index in [1.807, 2.05) is 13.0 Å². The van der Waals surface area contributed by atoms with Crippen molar-refractivity contribution in [1.82, 2.24) is 0 Å². The number of aryl methyl sites for hydroxylation is 1. The summed E-state index contributed by atoms with van der Waals surface area (Å²) in [7, 11) is 0. The van der Waals surface area contributed by atoms with E-state index in [9.17, 15) is 4.79 Å². The van der Waals surface area contributed by atoms with Crippen molar-refractivity contribution < 1.29 is 9.53 Å².